The topological polar surface area (TPSA) is 68.1 Å². The summed E-state index contributed by atoms with van der Waals surface area (Å²) in [6.45, 7) is 1.26. The van der Waals surface area contributed by atoms with Gasteiger partial charge in [-0.1, -0.05) is 11.6 Å². The predicted molar refractivity (Wildman–Crippen MR) is 75.6 cm³/mol. The number of aromatic nitrogens is 1. The van der Waals surface area contributed by atoms with Crippen molar-refractivity contribution >= 4 is 28.6 Å². The molecular formula is C12H12ClN3O2S. The van der Waals surface area contributed by atoms with Gasteiger partial charge >= 0.3 is 0 Å². The molecule has 0 bridgehead atoms. The lowest BCUT2D eigenvalue weighted by atomic mass is 10.2. The standard InChI is InChI=1S/C12H12ClN3O2S/c13-11-2-1-10(16(17)18)7-9(11)8-14-4-3-12-15-5-6-19-12/h1-2,5-7,14H,3-4,8H2. The number of rotatable bonds is 6. The van der Waals surface area contributed by atoms with Gasteiger partial charge in [-0.15, -0.1) is 11.3 Å². The Bertz CT molecular complexity index is 560. The molecule has 1 heterocycles. The monoisotopic (exact) mass is 297 g/mol. The van der Waals surface area contributed by atoms with Gasteiger partial charge in [0.15, 0.2) is 0 Å². The second kappa shape index (κ2) is 6.60. The Kier molecular flexibility index (Phi) is 4.84. The van der Waals surface area contributed by atoms with Crippen LogP contribution in [0, 0.1) is 10.1 Å². The van der Waals surface area contributed by atoms with Crippen molar-refractivity contribution in [2.75, 3.05) is 6.54 Å². The van der Waals surface area contributed by atoms with Crippen molar-refractivity contribution in [1.29, 1.82) is 0 Å². The number of thiazole rings is 1. The number of halogens is 1. The van der Waals surface area contributed by atoms with E-state index in [-0.39, 0.29) is 5.69 Å². The summed E-state index contributed by atoms with van der Waals surface area (Å²) in [6, 6.07) is 4.46. The van der Waals surface area contributed by atoms with Crippen LogP contribution < -0.4 is 5.32 Å². The average Bonchev–Trinajstić information content (AvgIpc) is 2.89. The number of non-ortho nitro benzene ring substituents is 1. The van der Waals surface area contributed by atoms with E-state index in [4.69, 9.17) is 11.6 Å². The molecular weight excluding hydrogens is 286 g/mol. The van der Waals surface area contributed by atoms with Gasteiger partial charge in [0, 0.05) is 48.2 Å². The quantitative estimate of drug-likeness (QED) is 0.505. The van der Waals surface area contributed by atoms with Crippen molar-refractivity contribution < 1.29 is 4.92 Å². The normalized spacial score (nSPS) is 10.6. The molecule has 0 saturated heterocycles. The molecule has 1 aromatic carbocycles. The highest BCUT2D eigenvalue weighted by atomic mass is 35.5. The average molecular weight is 298 g/mol. The maximum Gasteiger partial charge on any atom is 0.269 e. The third-order valence-corrected chi connectivity index (χ3v) is 3.76. The smallest absolute Gasteiger partial charge is 0.269 e. The molecule has 0 aliphatic heterocycles. The number of nitrogens with one attached hydrogen (secondary N) is 1. The van der Waals surface area contributed by atoms with Crippen molar-refractivity contribution in [1.82, 2.24) is 10.3 Å². The lowest BCUT2D eigenvalue weighted by Gasteiger charge is -2.05. The van der Waals surface area contributed by atoms with E-state index in [2.05, 4.69) is 10.3 Å². The molecule has 5 nitrogen and oxygen atoms in total. The largest absolute Gasteiger partial charge is 0.312 e. The Balaban J connectivity index is 1.88. The first-order valence-corrected chi connectivity index (χ1v) is 6.94. The summed E-state index contributed by atoms with van der Waals surface area (Å²) in [5.74, 6) is 0. The molecule has 0 atom stereocenters. The fourth-order valence-corrected chi connectivity index (χ4v) is 2.41. The molecule has 0 aliphatic rings. The molecule has 100 valence electrons. The summed E-state index contributed by atoms with van der Waals surface area (Å²) in [5.41, 5.74) is 0.788. The highest BCUT2D eigenvalue weighted by Crippen LogP contribution is 2.21. The van der Waals surface area contributed by atoms with Crippen molar-refractivity contribution in [3.8, 4) is 0 Å². The fourth-order valence-electron chi connectivity index (χ4n) is 1.60. The third kappa shape index (κ3) is 3.99. The minimum atomic E-state index is -0.421. The number of benzene rings is 1. The van der Waals surface area contributed by atoms with Crippen molar-refractivity contribution in [2.24, 2.45) is 0 Å². The summed E-state index contributed by atoms with van der Waals surface area (Å²) in [4.78, 5) is 14.4. The first-order valence-electron chi connectivity index (χ1n) is 5.68. The number of hydrogen-bond acceptors (Lipinski definition) is 5. The number of nitrogens with zero attached hydrogens (tertiary/aromatic N) is 2. The van der Waals surface area contributed by atoms with Gasteiger partial charge in [-0.05, 0) is 11.6 Å². The summed E-state index contributed by atoms with van der Waals surface area (Å²) in [5, 5.41) is 17.4. The van der Waals surface area contributed by atoms with Crippen molar-refractivity contribution in [3.05, 3.63) is 55.5 Å². The molecule has 19 heavy (non-hydrogen) atoms. The van der Waals surface area contributed by atoms with Crippen LogP contribution in [0.4, 0.5) is 5.69 Å². The predicted octanol–water partition coefficient (Wildman–Crippen LogP) is 3.04. The molecule has 7 heteroatoms. The maximum absolute atomic E-state index is 10.7. The van der Waals surface area contributed by atoms with Crippen molar-refractivity contribution in [3.63, 3.8) is 0 Å². The van der Waals surface area contributed by atoms with E-state index in [1.165, 1.54) is 12.1 Å². The van der Waals surface area contributed by atoms with Crippen LogP contribution in [0.2, 0.25) is 5.02 Å². The molecule has 1 N–H and O–H groups in total. The lowest BCUT2D eigenvalue weighted by molar-refractivity contribution is -0.384. The molecule has 2 aromatic rings. The first kappa shape index (κ1) is 13.9. The highest BCUT2D eigenvalue weighted by molar-refractivity contribution is 7.09. The van der Waals surface area contributed by atoms with Crippen LogP contribution in [-0.2, 0) is 13.0 Å². The van der Waals surface area contributed by atoms with E-state index in [0.717, 1.165) is 23.5 Å². The van der Waals surface area contributed by atoms with Gasteiger partial charge in [-0.3, -0.25) is 10.1 Å². The van der Waals surface area contributed by atoms with Crippen LogP contribution in [0.15, 0.2) is 29.8 Å². The van der Waals surface area contributed by atoms with E-state index in [1.807, 2.05) is 5.38 Å². The van der Waals surface area contributed by atoms with Gasteiger partial charge in [0.2, 0.25) is 0 Å². The van der Waals surface area contributed by atoms with Gasteiger partial charge in [0.25, 0.3) is 5.69 Å². The van der Waals surface area contributed by atoms with Gasteiger partial charge < -0.3 is 5.32 Å². The number of hydrogen-bond donors (Lipinski definition) is 1. The Morgan fingerprint density at radius 1 is 1.47 bits per heavy atom. The minimum absolute atomic E-state index is 0.0566. The van der Waals surface area contributed by atoms with E-state index < -0.39 is 4.92 Å². The van der Waals surface area contributed by atoms with Crippen LogP contribution in [0.5, 0.6) is 0 Å². The van der Waals surface area contributed by atoms with Gasteiger partial charge in [0.05, 0.1) is 9.93 Å². The van der Waals surface area contributed by atoms with Gasteiger partial charge in [-0.25, -0.2) is 4.98 Å². The van der Waals surface area contributed by atoms with E-state index in [9.17, 15) is 10.1 Å². The molecule has 0 radical (unpaired) electrons. The summed E-state index contributed by atoms with van der Waals surface area (Å²) in [7, 11) is 0. The van der Waals surface area contributed by atoms with E-state index in [1.54, 1.807) is 23.6 Å². The zero-order valence-electron chi connectivity index (χ0n) is 10.0. The molecule has 0 unspecified atom stereocenters. The molecule has 0 spiro atoms. The zero-order chi connectivity index (χ0) is 13.7. The lowest BCUT2D eigenvalue weighted by Crippen LogP contribution is -2.17. The Morgan fingerprint density at radius 2 is 2.32 bits per heavy atom. The second-order valence-electron chi connectivity index (χ2n) is 3.89. The maximum atomic E-state index is 10.7. The Hall–Kier alpha value is -1.50. The molecule has 0 amide bonds. The van der Waals surface area contributed by atoms with Gasteiger partial charge in [0.1, 0.15) is 0 Å². The first-order chi connectivity index (χ1) is 9.16. The SMILES string of the molecule is O=[N+]([O-])c1ccc(Cl)c(CNCCc2nccs2)c1. The molecule has 1 aromatic heterocycles. The zero-order valence-corrected chi connectivity index (χ0v) is 11.6. The molecule has 0 saturated carbocycles. The van der Waals surface area contributed by atoms with Crippen LogP contribution in [0.1, 0.15) is 10.6 Å². The number of nitro benzene ring substituents is 1. The highest BCUT2D eigenvalue weighted by Gasteiger charge is 2.09. The Labute approximate surface area is 119 Å². The fraction of sp³-hybridized carbons (Fsp3) is 0.250. The summed E-state index contributed by atoms with van der Waals surface area (Å²) in [6.07, 6.45) is 2.61. The molecule has 0 fully saturated rings. The molecule has 2 rings (SSSR count). The molecule has 0 aliphatic carbocycles. The van der Waals surface area contributed by atoms with Crippen LogP contribution >= 0.6 is 22.9 Å². The van der Waals surface area contributed by atoms with E-state index in [0.29, 0.717) is 11.6 Å². The van der Waals surface area contributed by atoms with Crippen molar-refractivity contribution in [2.45, 2.75) is 13.0 Å². The summed E-state index contributed by atoms with van der Waals surface area (Å²) < 4.78 is 0. The van der Waals surface area contributed by atoms with E-state index >= 15 is 0 Å². The van der Waals surface area contributed by atoms with Crippen LogP contribution in [0.25, 0.3) is 0 Å². The summed E-state index contributed by atoms with van der Waals surface area (Å²) >= 11 is 7.62. The van der Waals surface area contributed by atoms with Gasteiger partial charge in [-0.2, -0.15) is 0 Å². The Morgan fingerprint density at radius 3 is 3.00 bits per heavy atom. The number of nitro groups is 1. The van der Waals surface area contributed by atoms with Crippen LogP contribution in [0.3, 0.4) is 0 Å². The third-order valence-electron chi connectivity index (χ3n) is 2.55. The minimum Gasteiger partial charge on any atom is -0.312 e. The van der Waals surface area contributed by atoms with Crippen LogP contribution in [-0.4, -0.2) is 16.5 Å². The second-order valence-corrected chi connectivity index (χ2v) is 5.27.